The van der Waals surface area contributed by atoms with Gasteiger partial charge in [0.2, 0.25) is 5.95 Å². The van der Waals surface area contributed by atoms with Crippen molar-refractivity contribution in [3.8, 4) is 17.0 Å². The number of carbonyl (C=O) groups is 1. The zero-order valence-corrected chi connectivity index (χ0v) is 19.3. The van der Waals surface area contributed by atoms with Crippen molar-refractivity contribution < 1.29 is 14.6 Å². The summed E-state index contributed by atoms with van der Waals surface area (Å²) in [6, 6.07) is 4.78. The summed E-state index contributed by atoms with van der Waals surface area (Å²) in [4.78, 5) is 22.8. The smallest absolute Gasteiger partial charge is 0.318 e. The molecule has 1 aliphatic rings. The van der Waals surface area contributed by atoms with Gasteiger partial charge < -0.3 is 25.8 Å². The molecule has 0 bridgehead atoms. The molecule has 33 heavy (non-hydrogen) atoms. The molecule has 2 aromatic heterocycles. The predicted molar refractivity (Wildman–Crippen MR) is 124 cm³/mol. The fraction of sp³-hybridized carbons (Fsp3) is 0.333. The molecule has 3 aromatic rings. The van der Waals surface area contributed by atoms with Gasteiger partial charge in [0.25, 0.3) is 0 Å². The van der Waals surface area contributed by atoms with E-state index in [0.29, 0.717) is 45.9 Å². The van der Waals surface area contributed by atoms with E-state index in [9.17, 15) is 9.90 Å². The van der Waals surface area contributed by atoms with E-state index in [1.54, 1.807) is 34.8 Å². The van der Waals surface area contributed by atoms with Gasteiger partial charge >= 0.3 is 6.03 Å². The van der Waals surface area contributed by atoms with Crippen molar-refractivity contribution in [2.45, 2.75) is 32.7 Å². The molecule has 12 heteroatoms. The highest BCUT2D eigenvalue weighted by Gasteiger charge is 2.30. The van der Waals surface area contributed by atoms with Crippen molar-refractivity contribution in [3.05, 3.63) is 51.9 Å². The molecule has 2 amide bonds. The summed E-state index contributed by atoms with van der Waals surface area (Å²) in [6.07, 6.45) is 2.88. The minimum Gasteiger partial charge on any atom is -0.491 e. The lowest BCUT2D eigenvalue weighted by Crippen LogP contribution is -2.39. The van der Waals surface area contributed by atoms with Crippen LogP contribution in [0.2, 0.25) is 10.0 Å². The summed E-state index contributed by atoms with van der Waals surface area (Å²) in [7, 11) is 0. The Morgan fingerprint density at radius 3 is 2.88 bits per heavy atom. The number of ether oxygens (including phenoxy) is 1. The van der Waals surface area contributed by atoms with Crippen LogP contribution in [0.1, 0.15) is 18.2 Å². The number of nitrogen functional groups attached to an aromatic ring is 1. The maximum atomic E-state index is 12.5. The number of hydrogen-bond donors (Lipinski definition) is 3. The number of nitrogens with one attached hydrogen (secondary N) is 1. The number of benzene rings is 1. The first-order valence-corrected chi connectivity index (χ1v) is 11.0. The Hall–Kier alpha value is -3.08. The summed E-state index contributed by atoms with van der Waals surface area (Å²) in [6.45, 7) is 3.09. The largest absolute Gasteiger partial charge is 0.491 e. The number of halogens is 2. The van der Waals surface area contributed by atoms with Crippen LogP contribution in [0.15, 0.2) is 30.6 Å². The van der Waals surface area contributed by atoms with Crippen molar-refractivity contribution >= 4 is 35.2 Å². The second-order valence-electron chi connectivity index (χ2n) is 7.63. The fourth-order valence-corrected chi connectivity index (χ4v) is 4.11. The van der Waals surface area contributed by atoms with Crippen molar-refractivity contribution in [2.24, 2.45) is 0 Å². The molecular formula is C21H23Cl2N7O3. The highest BCUT2D eigenvalue weighted by atomic mass is 35.5. The van der Waals surface area contributed by atoms with E-state index < -0.39 is 6.10 Å². The highest BCUT2D eigenvalue weighted by molar-refractivity contribution is 6.37. The second kappa shape index (κ2) is 9.82. The van der Waals surface area contributed by atoms with Crippen molar-refractivity contribution in [1.82, 2.24) is 30.0 Å². The highest BCUT2D eigenvalue weighted by Crippen LogP contribution is 2.42. The van der Waals surface area contributed by atoms with Gasteiger partial charge in [-0.1, -0.05) is 23.2 Å². The number of carbonyl (C=O) groups excluding carboxylic acids is 1. The molecule has 10 nitrogen and oxygen atoms in total. The first-order chi connectivity index (χ1) is 15.8. The Labute approximate surface area is 200 Å². The Morgan fingerprint density at radius 1 is 1.33 bits per heavy atom. The number of hydrogen-bond acceptors (Lipinski definition) is 7. The number of rotatable bonds is 7. The van der Waals surface area contributed by atoms with E-state index in [0.717, 1.165) is 5.56 Å². The molecule has 4 N–H and O–H groups in total. The third-order valence-electron chi connectivity index (χ3n) is 5.03. The van der Waals surface area contributed by atoms with E-state index in [1.807, 2.05) is 12.3 Å². The van der Waals surface area contributed by atoms with Gasteiger partial charge in [0.1, 0.15) is 12.4 Å². The number of amides is 2. The summed E-state index contributed by atoms with van der Waals surface area (Å²) >= 11 is 12.8. The fourth-order valence-electron chi connectivity index (χ4n) is 3.55. The molecule has 1 aromatic carbocycles. The first kappa shape index (κ1) is 23.1. The van der Waals surface area contributed by atoms with Crippen LogP contribution in [0.4, 0.5) is 10.7 Å². The summed E-state index contributed by atoms with van der Waals surface area (Å²) < 4.78 is 7.76. The Bertz CT molecular complexity index is 1160. The lowest BCUT2D eigenvalue weighted by atomic mass is 10.0. The summed E-state index contributed by atoms with van der Waals surface area (Å²) in [5.41, 5.74) is 8.34. The predicted octanol–water partition coefficient (Wildman–Crippen LogP) is 2.71. The molecule has 1 atom stereocenters. The molecule has 0 spiro atoms. The van der Waals surface area contributed by atoms with Gasteiger partial charge in [0, 0.05) is 29.5 Å². The van der Waals surface area contributed by atoms with Crippen molar-refractivity contribution in [1.29, 1.82) is 0 Å². The summed E-state index contributed by atoms with van der Waals surface area (Å²) in [5.74, 6) is 0.500. The van der Waals surface area contributed by atoms with Crippen LogP contribution in [0.3, 0.4) is 0 Å². The Balaban J connectivity index is 1.64. The molecule has 0 fully saturated rings. The molecule has 0 saturated carbocycles. The minimum absolute atomic E-state index is 0.0588. The first-order valence-electron chi connectivity index (χ1n) is 10.3. The number of nitrogens with two attached hydrogens (primary N) is 1. The number of urea groups is 1. The molecule has 3 heterocycles. The topological polar surface area (TPSA) is 131 Å². The van der Waals surface area contributed by atoms with Gasteiger partial charge in [-0.25, -0.2) is 14.8 Å². The van der Waals surface area contributed by atoms with Crippen LogP contribution >= 0.6 is 23.2 Å². The molecule has 0 unspecified atom stereocenters. The molecular weight excluding hydrogens is 469 g/mol. The molecule has 0 radical (unpaired) electrons. The quantitative estimate of drug-likeness (QED) is 0.462. The van der Waals surface area contributed by atoms with Gasteiger partial charge in [-0.3, -0.25) is 4.68 Å². The SMILES string of the molecule is C[C@H](O)CNC(=O)N1Cc2nc(N)nc(-c3c(Cl)cc(Cl)cc3OCCn3cccn3)c2C1. The van der Waals surface area contributed by atoms with Crippen LogP contribution in [0, 0.1) is 0 Å². The Morgan fingerprint density at radius 2 is 2.15 bits per heavy atom. The van der Waals surface area contributed by atoms with Crippen LogP contribution in [0.25, 0.3) is 11.3 Å². The monoisotopic (exact) mass is 491 g/mol. The number of anilines is 1. The van der Waals surface area contributed by atoms with Gasteiger partial charge in [-0.2, -0.15) is 5.10 Å². The van der Waals surface area contributed by atoms with Crippen LogP contribution < -0.4 is 15.8 Å². The van der Waals surface area contributed by atoms with E-state index in [2.05, 4.69) is 20.4 Å². The number of nitrogens with zero attached hydrogens (tertiary/aromatic N) is 5. The zero-order valence-electron chi connectivity index (χ0n) is 17.8. The third-order valence-corrected chi connectivity index (χ3v) is 5.54. The molecule has 0 saturated heterocycles. The van der Waals surface area contributed by atoms with E-state index in [4.69, 9.17) is 33.7 Å². The van der Waals surface area contributed by atoms with Crippen LogP contribution in [-0.4, -0.2) is 55.0 Å². The molecule has 4 rings (SSSR count). The van der Waals surface area contributed by atoms with Gasteiger partial charge in [-0.05, 0) is 25.1 Å². The van der Waals surface area contributed by atoms with E-state index >= 15 is 0 Å². The maximum Gasteiger partial charge on any atom is 0.318 e. The average Bonchev–Trinajstić information content (AvgIpc) is 3.41. The normalized spacial score (nSPS) is 13.6. The van der Waals surface area contributed by atoms with Gasteiger partial charge in [0.15, 0.2) is 0 Å². The number of aromatic nitrogens is 4. The average molecular weight is 492 g/mol. The molecule has 0 aliphatic carbocycles. The molecule has 174 valence electrons. The number of aliphatic hydroxyl groups excluding tert-OH is 1. The number of fused-ring (bicyclic) bond motifs is 1. The number of aliphatic hydroxyl groups is 1. The zero-order chi connectivity index (χ0) is 23.5. The van der Waals surface area contributed by atoms with E-state index in [-0.39, 0.29) is 31.6 Å². The molecule has 1 aliphatic heterocycles. The standard InChI is InChI=1S/C21H23Cl2N7O3/c1-12(31)9-25-21(32)29-10-14-16(11-29)27-20(24)28-19(14)18-15(23)7-13(22)8-17(18)33-6-5-30-4-2-3-26-30/h2-4,7-8,12,31H,5-6,9-11H2,1H3,(H,25,32)(H2,24,27,28)/t12-/m0/s1. The minimum atomic E-state index is -0.653. The Kier molecular flexibility index (Phi) is 6.87. The van der Waals surface area contributed by atoms with Crippen molar-refractivity contribution in [3.63, 3.8) is 0 Å². The van der Waals surface area contributed by atoms with Gasteiger partial charge in [0.05, 0.1) is 47.7 Å². The van der Waals surface area contributed by atoms with Gasteiger partial charge in [-0.15, -0.1) is 0 Å². The second-order valence-corrected chi connectivity index (χ2v) is 8.47. The maximum absolute atomic E-state index is 12.5. The van der Waals surface area contributed by atoms with Crippen LogP contribution in [-0.2, 0) is 19.6 Å². The van der Waals surface area contributed by atoms with E-state index in [1.165, 1.54) is 0 Å². The lowest BCUT2D eigenvalue weighted by Gasteiger charge is -2.17. The third kappa shape index (κ3) is 5.29. The summed E-state index contributed by atoms with van der Waals surface area (Å²) in [5, 5.41) is 17.0. The van der Waals surface area contributed by atoms with Crippen LogP contribution in [0.5, 0.6) is 5.75 Å². The van der Waals surface area contributed by atoms with Crippen molar-refractivity contribution in [2.75, 3.05) is 18.9 Å². The lowest BCUT2D eigenvalue weighted by molar-refractivity contribution is 0.171.